The molecule has 6 heteroatoms. The van der Waals surface area contributed by atoms with E-state index in [0.717, 1.165) is 5.56 Å². The van der Waals surface area contributed by atoms with Crippen LogP contribution in [0.5, 0.6) is 0 Å². The van der Waals surface area contributed by atoms with Crippen molar-refractivity contribution in [1.82, 2.24) is 9.62 Å². The highest BCUT2D eigenvalue weighted by Crippen LogP contribution is 2.18. The predicted octanol–water partition coefficient (Wildman–Crippen LogP) is 1.92. The van der Waals surface area contributed by atoms with E-state index in [4.69, 9.17) is 0 Å². The van der Waals surface area contributed by atoms with E-state index in [1.54, 1.807) is 25.1 Å². The van der Waals surface area contributed by atoms with Crippen LogP contribution in [0.1, 0.15) is 32.3 Å². The van der Waals surface area contributed by atoms with Crippen LogP contribution in [0.15, 0.2) is 29.2 Å². The van der Waals surface area contributed by atoms with Gasteiger partial charge in [-0.05, 0) is 31.4 Å². The van der Waals surface area contributed by atoms with Crippen LogP contribution in [-0.4, -0.2) is 38.4 Å². The molecule has 122 valence electrons. The third-order valence-electron chi connectivity index (χ3n) is 4.01. The molecule has 1 heterocycles. The number of sulfonamides is 1. The molecule has 0 bridgehead atoms. The number of likely N-dealkylation sites (tertiary alicyclic amines) is 1. The Bertz CT molecular complexity index is 633. The van der Waals surface area contributed by atoms with Crippen molar-refractivity contribution >= 4 is 15.9 Å². The molecular weight excluding hydrogens is 300 g/mol. The van der Waals surface area contributed by atoms with Gasteiger partial charge < -0.3 is 4.90 Å². The molecular formula is C16H24N2O3S. The predicted molar refractivity (Wildman–Crippen MR) is 85.9 cm³/mol. The number of nitrogens with one attached hydrogen (secondary N) is 1. The smallest absolute Gasteiger partial charge is 0.241 e. The van der Waals surface area contributed by atoms with Crippen molar-refractivity contribution in [3.63, 3.8) is 0 Å². The maximum Gasteiger partial charge on any atom is 0.241 e. The third kappa shape index (κ3) is 3.87. The molecule has 1 fully saturated rings. The number of hydrogen-bond donors (Lipinski definition) is 1. The number of nitrogens with zero attached hydrogens (tertiary/aromatic N) is 1. The molecule has 1 aliphatic heterocycles. The number of hydrogen-bond acceptors (Lipinski definition) is 3. The first-order valence-electron chi connectivity index (χ1n) is 7.68. The molecule has 22 heavy (non-hydrogen) atoms. The number of carbonyl (C=O) groups is 1. The van der Waals surface area contributed by atoms with E-state index >= 15 is 0 Å². The third-order valence-corrected chi connectivity index (χ3v) is 5.69. The van der Waals surface area contributed by atoms with Crippen LogP contribution < -0.4 is 4.72 Å². The molecule has 1 aliphatic rings. The summed E-state index contributed by atoms with van der Waals surface area (Å²) in [6, 6.07) is 6.85. The van der Waals surface area contributed by atoms with Crippen LogP contribution in [0.4, 0.5) is 0 Å². The molecule has 0 radical (unpaired) electrons. The van der Waals surface area contributed by atoms with E-state index in [9.17, 15) is 13.2 Å². The topological polar surface area (TPSA) is 66.5 Å². The second-order valence-corrected chi connectivity index (χ2v) is 7.82. The van der Waals surface area contributed by atoms with Gasteiger partial charge in [0.25, 0.3) is 0 Å². The highest BCUT2D eigenvalue weighted by atomic mass is 32.2. The number of rotatable bonds is 4. The SMILES string of the molecule is Cc1ccccc1S(=O)(=O)NC1CCN(C(=O)C(C)C)CC1. The quantitative estimate of drug-likeness (QED) is 0.920. The second-order valence-electron chi connectivity index (χ2n) is 6.14. The summed E-state index contributed by atoms with van der Waals surface area (Å²) in [6.07, 6.45) is 1.31. The molecule has 0 atom stereocenters. The second kappa shape index (κ2) is 6.79. The van der Waals surface area contributed by atoms with Gasteiger partial charge in [-0.2, -0.15) is 0 Å². The van der Waals surface area contributed by atoms with Crippen LogP contribution in [0.3, 0.4) is 0 Å². The van der Waals surface area contributed by atoms with Gasteiger partial charge in [-0.3, -0.25) is 4.79 Å². The summed E-state index contributed by atoms with van der Waals surface area (Å²) in [5.41, 5.74) is 0.738. The molecule has 5 nitrogen and oxygen atoms in total. The average Bonchev–Trinajstić information content (AvgIpc) is 2.47. The van der Waals surface area contributed by atoms with E-state index in [0.29, 0.717) is 30.8 Å². The highest BCUT2D eigenvalue weighted by Gasteiger charge is 2.27. The maximum absolute atomic E-state index is 12.5. The van der Waals surface area contributed by atoms with Gasteiger partial charge in [0, 0.05) is 25.0 Å². The molecule has 0 spiro atoms. The fourth-order valence-electron chi connectivity index (χ4n) is 2.72. The lowest BCUT2D eigenvalue weighted by atomic mass is 10.0. The van der Waals surface area contributed by atoms with E-state index in [1.165, 1.54) is 0 Å². The molecule has 0 saturated carbocycles. The van der Waals surface area contributed by atoms with Crippen LogP contribution in [-0.2, 0) is 14.8 Å². The molecule has 1 aromatic rings. The van der Waals surface area contributed by atoms with Crippen LogP contribution >= 0.6 is 0 Å². The van der Waals surface area contributed by atoms with E-state index in [2.05, 4.69) is 4.72 Å². The van der Waals surface area contributed by atoms with E-state index < -0.39 is 10.0 Å². The van der Waals surface area contributed by atoms with Gasteiger partial charge >= 0.3 is 0 Å². The van der Waals surface area contributed by atoms with Gasteiger partial charge in [0.15, 0.2) is 0 Å². The van der Waals surface area contributed by atoms with Gasteiger partial charge in [-0.25, -0.2) is 13.1 Å². The van der Waals surface area contributed by atoms with Crippen molar-refractivity contribution in [3.8, 4) is 0 Å². The number of aryl methyl sites for hydroxylation is 1. The van der Waals surface area contributed by atoms with E-state index in [1.807, 2.05) is 24.8 Å². The normalized spacial score (nSPS) is 17.0. The molecule has 0 unspecified atom stereocenters. The number of amides is 1. The minimum atomic E-state index is -3.50. The Morgan fingerprint density at radius 1 is 1.23 bits per heavy atom. The van der Waals surface area contributed by atoms with Gasteiger partial charge in [0.2, 0.25) is 15.9 Å². The summed E-state index contributed by atoms with van der Waals surface area (Å²) >= 11 is 0. The fourth-order valence-corrected chi connectivity index (χ4v) is 4.27. The summed E-state index contributed by atoms with van der Waals surface area (Å²) < 4.78 is 27.7. The Balaban J connectivity index is 1.99. The lowest BCUT2D eigenvalue weighted by molar-refractivity contribution is -0.135. The van der Waals surface area contributed by atoms with Gasteiger partial charge in [0.1, 0.15) is 0 Å². The summed E-state index contributed by atoms with van der Waals surface area (Å²) in [4.78, 5) is 14.1. The molecule has 2 rings (SSSR count). The first kappa shape index (κ1) is 17.0. The van der Waals surface area contributed by atoms with E-state index in [-0.39, 0.29) is 17.9 Å². The Morgan fingerprint density at radius 2 is 1.82 bits per heavy atom. The standard InChI is InChI=1S/C16H24N2O3S/c1-12(2)16(19)18-10-8-14(9-11-18)17-22(20,21)15-7-5-4-6-13(15)3/h4-7,12,14,17H,8-11H2,1-3H3. The van der Waals surface area contributed by atoms with Crippen LogP contribution in [0.2, 0.25) is 0 Å². The Morgan fingerprint density at radius 3 is 2.36 bits per heavy atom. The van der Waals surface area contributed by atoms with Gasteiger partial charge in [-0.15, -0.1) is 0 Å². The zero-order valence-electron chi connectivity index (χ0n) is 13.4. The van der Waals surface area contributed by atoms with Crippen molar-refractivity contribution in [3.05, 3.63) is 29.8 Å². The lowest BCUT2D eigenvalue weighted by Gasteiger charge is -2.33. The lowest BCUT2D eigenvalue weighted by Crippen LogP contribution is -2.47. The minimum absolute atomic E-state index is 0.0137. The largest absolute Gasteiger partial charge is 0.342 e. The number of carbonyl (C=O) groups excluding carboxylic acids is 1. The van der Waals surface area contributed by atoms with Crippen molar-refractivity contribution < 1.29 is 13.2 Å². The minimum Gasteiger partial charge on any atom is -0.342 e. The molecule has 0 aromatic heterocycles. The molecule has 1 aromatic carbocycles. The molecule has 1 saturated heterocycles. The Kier molecular flexibility index (Phi) is 5.24. The Labute approximate surface area is 132 Å². The van der Waals surface area contributed by atoms with Crippen molar-refractivity contribution in [2.24, 2.45) is 5.92 Å². The maximum atomic E-state index is 12.5. The van der Waals surface area contributed by atoms with Gasteiger partial charge in [0.05, 0.1) is 4.90 Å². The van der Waals surface area contributed by atoms with Crippen molar-refractivity contribution in [2.75, 3.05) is 13.1 Å². The first-order chi connectivity index (χ1) is 10.3. The van der Waals surface area contributed by atoms with Crippen LogP contribution in [0, 0.1) is 12.8 Å². The zero-order valence-corrected chi connectivity index (χ0v) is 14.2. The molecule has 0 aliphatic carbocycles. The summed E-state index contributed by atoms with van der Waals surface area (Å²) in [5.74, 6) is 0.125. The summed E-state index contributed by atoms with van der Waals surface area (Å²) in [7, 11) is -3.50. The molecule has 1 amide bonds. The first-order valence-corrected chi connectivity index (χ1v) is 9.16. The number of benzene rings is 1. The van der Waals surface area contributed by atoms with Crippen LogP contribution in [0.25, 0.3) is 0 Å². The van der Waals surface area contributed by atoms with Gasteiger partial charge in [-0.1, -0.05) is 32.0 Å². The fraction of sp³-hybridized carbons (Fsp3) is 0.562. The van der Waals surface area contributed by atoms with Crippen molar-refractivity contribution in [2.45, 2.75) is 44.6 Å². The average molecular weight is 324 g/mol. The van der Waals surface area contributed by atoms with Crippen molar-refractivity contribution in [1.29, 1.82) is 0 Å². The highest BCUT2D eigenvalue weighted by molar-refractivity contribution is 7.89. The Hall–Kier alpha value is -1.40. The summed E-state index contributed by atoms with van der Waals surface area (Å²) in [5, 5.41) is 0. The number of piperidine rings is 1. The monoisotopic (exact) mass is 324 g/mol. The molecule has 1 N–H and O–H groups in total. The summed E-state index contributed by atoms with van der Waals surface area (Å²) in [6.45, 7) is 6.78. The zero-order chi connectivity index (χ0) is 16.3.